The number of hydrogen-bond donors (Lipinski definition) is 2. The fraction of sp³-hybridized carbons (Fsp3) is 0.812. The topological polar surface area (TPSA) is 71.8 Å². The lowest BCUT2D eigenvalue weighted by Gasteiger charge is -2.09. The van der Waals surface area contributed by atoms with Crippen LogP contribution in [0.1, 0.15) is 50.2 Å². The fourth-order valence-electron chi connectivity index (χ4n) is 3.43. The maximum atomic E-state index is 11.9. The Hall–Kier alpha value is -1.43. The van der Waals surface area contributed by atoms with Crippen molar-refractivity contribution in [1.82, 2.24) is 25.4 Å². The second-order valence-corrected chi connectivity index (χ2v) is 6.49. The van der Waals surface area contributed by atoms with Gasteiger partial charge in [-0.1, -0.05) is 6.42 Å². The van der Waals surface area contributed by atoms with Gasteiger partial charge in [0.25, 0.3) is 0 Å². The summed E-state index contributed by atoms with van der Waals surface area (Å²) in [5, 5.41) is 15.0. The summed E-state index contributed by atoms with van der Waals surface area (Å²) in [6.45, 7) is 3.86. The van der Waals surface area contributed by atoms with Crippen LogP contribution in [0.5, 0.6) is 0 Å². The monoisotopic (exact) mass is 305 g/mol. The molecule has 3 heterocycles. The van der Waals surface area contributed by atoms with Crippen molar-refractivity contribution in [3.05, 3.63) is 11.6 Å². The van der Waals surface area contributed by atoms with E-state index in [2.05, 4.69) is 25.4 Å². The molecule has 0 radical (unpaired) electrons. The van der Waals surface area contributed by atoms with Crippen LogP contribution >= 0.6 is 0 Å². The molecule has 0 spiro atoms. The quantitative estimate of drug-likeness (QED) is 0.824. The van der Waals surface area contributed by atoms with Crippen LogP contribution in [0.4, 0.5) is 0 Å². The average Bonchev–Trinajstić information content (AvgIpc) is 3.11. The highest BCUT2D eigenvalue weighted by Crippen LogP contribution is 2.15. The van der Waals surface area contributed by atoms with Crippen molar-refractivity contribution in [3.8, 4) is 0 Å². The molecule has 1 unspecified atom stereocenters. The molecule has 1 amide bonds. The van der Waals surface area contributed by atoms with E-state index in [1.165, 1.54) is 25.7 Å². The number of nitrogens with zero attached hydrogens (tertiary/aromatic N) is 3. The first kappa shape index (κ1) is 15.5. The first-order valence-electron chi connectivity index (χ1n) is 8.71. The average molecular weight is 305 g/mol. The summed E-state index contributed by atoms with van der Waals surface area (Å²) < 4.78 is 2.25. The molecular formula is C16H27N5O. The van der Waals surface area contributed by atoms with Crippen LogP contribution in [-0.2, 0) is 24.2 Å². The number of amides is 1. The summed E-state index contributed by atoms with van der Waals surface area (Å²) in [4.78, 5) is 11.9. The van der Waals surface area contributed by atoms with Crippen molar-refractivity contribution in [3.63, 3.8) is 0 Å². The fourth-order valence-corrected chi connectivity index (χ4v) is 3.43. The van der Waals surface area contributed by atoms with Gasteiger partial charge in [-0.05, 0) is 44.7 Å². The van der Waals surface area contributed by atoms with Crippen molar-refractivity contribution in [2.24, 2.45) is 5.92 Å². The van der Waals surface area contributed by atoms with Gasteiger partial charge < -0.3 is 15.2 Å². The molecule has 2 aliphatic rings. The Balaban J connectivity index is 1.39. The zero-order chi connectivity index (χ0) is 15.2. The second kappa shape index (κ2) is 7.72. The SMILES string of the molecule is O=C(CCC1CCNC1)NCCc1nnc2n1CCCCC2. The summed E-state index contributed by atoms with van der Waals surface area (Å²) in [7, 11) is 0. The molecule has 0 saturated carbocycles. The Labute approximate surface area is 132 Å². The maximum absolute atomic E-state index is 11.9. The standard InChI is InChI=1S/C16H27N5O/c22-16(6-5-13-7-9-17-12-13)18-10-8-15-20-19-14-4-2-1-3-11-21(14)15/h13,17H,1-12H2,(H,18,22). The van der Waals surface area contributed by atoms with E-state index >= 15 is 0 Å². The number of rotatable bonds is 6. The first-order valence-corrected chi connectivity index (χ1v) is 8.71. The van der Waals surface area contributed by atoms with E-state index in [9.17, 15) is 4.79 Å². The van der Waals surface area contributed by atoms with Gasteiger partial charge >= 0.3 is 0 Å². The maximum Gasteiger partial charge on any atom is 0.220 e. The van der Waals surface area contributed by atoms with Gasteiger partial charge in [-0.15, -0.1) is 10.2 Å². The van der Waals surface area contributed by atoms with Crippen molar-refractivity contribution in [1.29, 1.82) is 0 Å². The van der Waals surface area contributed by atoms with E-state index < -0.39 is 0 Å². The number of nitrogens with one attached hydrogen (secondary N) is 2. The Morgan fingerprint density at radius 1 is 1.32 bits per heavy atom. The predicted octanol–water partition coefficient (Wildman–Crippen LogP) is 1.05. The highest BCUT2D eigenvalue weighted by molar-refractivity contribution is 5.75. The zero-order valence-corrected chi connectivity index (χ0v) is 13.3. The van der Waals surface area contributed by atoms with Crippen LogP contribution in [0.15, 0.2) is 0 Å². The van der Waals surface area contributed by atoms with Gasteiger partial charge in [0, 0.05) is 32.4 Å². The van der Waals surface area contributed by atoms with Crippen LogP contribution in [0.2, 0.25) is 0 Å². The molecule has 22 heavy (non-hydrogen) atoms. The van der Waals surface area contributed by atoms with Crippen molar-refractivity contribution in [2.45, 2.75) is 57.9 Å². The highest BCUT2D eigenvalue weighted by atomic mass is 16.1. The first-order chi connectivity index (χ1) is 10.8. The summed E-state index contributed by atoms with van der Waals surface area (Å²) in [5.74, 6) is 2.99. The molecule has 1 saturated heterocycles. The van der Waals surface area contributed by atoms with Crippen molar-refractivity contribution < 1.29 is 4.79 Å². The van der Waals surface area contributed by atoms with Crippen LogP contribution < -0.4 is 10.6 Å². The molecule has 0 aromatic carbocycles. The Kier molecular flexibility index (Phi) is 5.43. The Morgan fingerprint density at radius 3 is 3.14 bits per heavy atom. The van der Waals surface area contributed by atoms with E-state index in [0.717, 1.165) is 50.5 Å². The van der Waals surface area contributed by atoms with Crippen LogP contribution in [0, 0.1) is 5.92 Å². The summed E-state index contributed by atoms with van der Waals surface area (Å²) in [5.41, 5.74) is 0. The molecule has 1 atom stereocenters. The highest BCUT2D eigenvalue weighted by Gasteiger charge is 2.16. The molecule has 2 aliphatic heterocycles. The minimum absolute atomic E-state index is 0.169. The smallest absolute Gasteiger partial charge is 0.220 e. The lowest BCUT2D eigenvalue weighted by molar-refractivity contribution is -0.121. The third-order valence-corrected chi connectivity index (χ3v) is 4.80. The zero-order valence-electron chi connectivity index (χ0n) is 13.3. The molecule has 0 aliphatic carbocycles. The van der Waals surface area contributed by atoms with Gasteiger partial charge in [-0.2, -0.15) is 0 Å². The van der Waals surface area contributed by atoms with Gasteiger partial charge in [-0.25, -0.2) is 0 Å². The van der Waals surface area contributed by atoms with Crippen molar-refractivity contribution >= 4 is 5.91 Å². The number of fused-ring (bicyclic) bond motifs is 1. The molecule has 0 bridgehead atoms. The molecule has 3 rings (SSSR count). The van der Waals surface area contributed by atoms with Gasteiger partial charge in [0.05, 0.1) is 0 Å². The Bertz CT molecular complexity index is 493. The van der Waals surface area contributed by atoms with E-state index in [4.69, 9.17) is 0 Å². The molecule has 1 fully saturated rings. The third-order valence-electron chi connectivity index (χ3n) is 4.80. The number of carbonyl (C=O) groups excluding carboxylic acids is 1. The molecule has 6 heteroatoms. The van der Waals surface area contributed by atoms with Crippen LogP contribution in [0.25, 0.3) is 0 Å². The van der Waals surface area contributed by atoms with E-state index in [-0.39, 0.29) is 5.91 Å². The summed E-state index contributed by atoms with van der Waals surface area (Å²) >= 11 is 0. The van der Waals surface area contributed by atoms with Gasteiger partial charge in [-0.3, -0.25) is 4.79 Å². The number of aryl methyl sites for hydroxylation is 1. The molecule has 1 aromatic heterocycles. The Morgan fingerprint density at radius 2 is 2.27 bits per heavy atom. The normalized spacial score (nSPS) is 21.4. The van der Waals surface area contributed by atoms with E-state index in [0.29, 0.717) is 18.9 Å². The minimum atomic E-state index is 0.169. The van der Waals surface area contributed by atoms with Gasteiger partial charge in [0.1, 0.15) is 11.6 Å². The van der Waals surface area contributed by atoms with E-state index in [1.807, 2.05) is 0 Å². The third kappa shape index (κ3) is 4.06. The predicted molar refractivity (Wildman–Crippen MR) is 84.5 cm³/mol. The molecule has 122 valence electrons. The second-order valence-electron chi connectivity index (χ2n) is 6.49. The number of hydrogen-bond acceptors (Lipinski definition) is 4. The van der Waals surface area contributed by atoms with Gasteiger partial charge in [0.15, 0.2) is 0 Å². The van der Waals surface area contributed by atoms with Gasteiger partial charge in [0.2, 0.25) is 5.91 Å². The van der Waals surface area contributed by atoms with Crippen LogP contribution in [-0.4, -0.2) is 40.3 Å². The summed E-state index contributed by atoms with van der Waals surface area (Å²) in [6.07, 6.45) is 8.36. The van der Waals surface area contributed by atoms with Crippen molar-refractivity contribution in [2.75, 3.05) is 19.6 Å². The molecular weight excluding hydrogens is 278 g/mol. The lowest BCUT2D eigenvalue weighted by Crippen LogP contribution is -2.27. The molecule has 2 N–H and O–H groups in total. The number of aromatic nitrogens is 3. The molecule has 1 aromatic rings. The largest absolute Gasteiger partial charge is 0.356 e. The summed E-state index contributed by atoms with van der Waals surface area (Å²) in [6, 6.07) is 0. The molecule has 6 nitrogen and oxygen atoms in total. The lowest BCUT2D eigenvalue weighted by atomic mass is 10.0. The minimum Gasteiger partial charge on any atom is -0.356 e. The van der Waals surface area contributed by atoms with E-state index in [1.54, 1.807) is 0 Å². The number of carbonyl (C=O) groups is 1. The van der Waals surface area contributed by atoms with Crippen LogP contribution in [0.3, 0.4) is 0 Å².